The van der Waals surface area contributed by atoms with Crippen LogP contribution >= 0.6 is 0 Å². The van der Waals surface area contributed by atoms with Crippen molar-refractivity contribution < 1.29 is 31.1 Å². The highest BCUT2D eigenvalue weighted by molar-refractivity contribution is 7.89. The number of esters is 1. The average Bonchev–Trinajstić information content (AvgIpc) is 3.24. The number of carbonyl (C=O) groups is 1. The highest BCUT2D eigenvalue weighted by Gasteiger charge is 2.35. The first kappa shape index (κ1) is 19.4. The topological polar surface area (TPSA) is 68.6 Å². The molecule has 2 heterocycles. The van der Waals surface area contributed by atoms with Crippen molar-refractivity contribution in [2.75, 3.05) is 13.1 Å². The Bertz CT molecular complexity index is 961. The van der Waals surface area contributed by atoms with Gasteiger partial charge in [0, 0.05) is 26.3 Å². The third-order valence-electron chi connectivity index (χ3n) is 4.29. The number of ether oxygens (including phenoxy) is 1. The van der Waals surface area contributed by atoms with Gasteiger partial charge in [-0.05, 0) is 31.0 Å². The molecule has 0 aliphatic carbocycles. The number of carbonyl (C=O) groups excluding carboxylic acids is 1. The van der Waals surface area contributed by atoms with Gasteiger partial charge in [0.25, 0.3) is 0 Å². The molecule has 27 heavy (non-hydrogen) atoms. The molecular formula is C17H17F3N2O4S. The van der Waals surface area contributed by atoms with Crippen LogP contribution in [0.4, 0.5) is 13.2 Å². The maximum absolute atomic E-state index is 13.0. The number of rotatable bonds is 4. The van der Waals surface area contributed by atoms with Crippen LogP contribution in [0, 0.1) is 0 Å². The Hall–Kier alpha value is -2.33. The van der Waals surface area contributed by atoms with E-state index in [0.29, 0.717) is 13.1 Å². The number of hydrogen-bond acceptors (Lipinski definition) is 4. The van der Waals surface area contributed by atoms with Gasteiger partial charge in [-0.1, -0.05) is 12.1 Å². The SMILES string of the molecule is Cn1cc(S(=O)(=O)N2CCCC2)cc1C(=O)Oc1ccccc1C(F)(F)F. The summed E-state index contributed by atoms with van der Waals surface area (Å²) in [7, 11) is -2.33. The molecule has 1 aromatic carbocycles. The van der Waals surface area contributed by atoms with Gasteiger partial charge in [0.1, 0.15) is 16.3 Å². The van der Waals surface area contributed by atoms with Crippen LogP contribution in [-0.2, 0) is 23.2 Å². The fraction of sp³-hybridized carbons (Fsp3) is 0.353. The van der Waals surface area contributed by atoms with Crippen molar-refractivity contribution >= 4 is 16.0 Å². The first-order chi connectivity index (χ1) is 12.6. The quantitative estimate of drug-likeness (QED) is 0.582. The summed E-state index contributed by atoms with van der Waals surface area (Å²) in [6.45, 7) is 0.798. The van der Waals surface area contributed by atoms with E-state index in [1.165, 1.54) is 34.2 Å². The molecule has 0 N–H and O–H groups in total. The Labute approximate surface area is 154 Å². The highest BCUT2D eigenvalue weighted by atomic mass is 32.2. The molecule has 0 bridgehead atoms. The maximum Gasteiger partial charge on any atom is 0.419 e. The number of sulfonamides is 1. The van der Waals surface area contributed by atoms with E-state index in [1.807, 2.05) is 0 Å². The molecule has 1 fully saturated rings. The van der Waals surface area contributed by atoms with Gasteiger partial charge in [0.15, 0.2) is 0 Å². The summed E-state index contributed by atoms with van der Waals surface area (Å²) < 4.78 is 71.7. The van der Waals surface area contributed by atoms with Gasteiger partial charge in [-0.3, -0.25) is 0 Å². The van der Waals surface area contributed by atoms with E-state index in [9.17, 15) is 26.4 Å². The lowest BCUT2D eigenvalue weighted by atomic mass is 10.2. The Balaban J connectivity index is 1.88. The monoisotopic (exact) mass is 402 g/mol. The zero-order valence-corrected chi connectivity index (χ0v) is 15.2. The van der Waals surface area contributed by atoms with Crippen molar-refractivity contribution in [2.24, 2.45) is 7.05 Å². The number of hydrogen-bond donors (Lipinski definition) is 0. The lowest BCUT2D eigenvalue weighted by molar-refractivity contribution is -0.138. The van der Waals surface area contributed by atoms with Crippen LogP contribution in [0.5, 0.6) is 5.75 Å². The zero-order valence-electron chi connectivity index (χ0n) is 14.4. The van der Waals surface area contributed by atoms with Crippen molar-refractivity contribution in [3.05, 3.63) is 47.8 Å². The molecule has 6 nitrogen and oxygen atoms in total. The average molecular weight is 402 g/mol. The summed E-state index contributed by atoms with van der Waals surface area (Å²) in [6.07, 6.45) is -1.92. The summed E-state index contributed by atoms with van der Waals surface area (Å²) in [5.74, 6) is -1.71. The fourth-order valence-electron chi connectivity index (χ4n) is 2.90. The molecular weight excluding hydrogens is 385 g/mol. The first-order valence-corrected chi connectivity index (χ1v) is 9.59. The molecule has 0 saturated carbocycles. The van der Waals surface area contributed by atoms with E-state index in [4.69, 9.17) is 4.74 Å². The summed E-state index contributed by atoms with van der Waals surface area (Å²) in [5, 5.41) is 0. The molecule has 0 amide bonds. The van der Waals surface area contributed by atoms with E-state index >= 15 is 0 Å². The predicted molar refractivity (Wildman–Crippen MR) is 89.8 cm³/mol. The predicted octanol–water partition coefficient (Wildman–Crippen LogP) is 3.05. The molecule has 1 aliphatic rings. The standard InChI is InChI=1S/C17H17F3N2O4S/c1-21-11-12(27(24,25)22-8-4-5-9-22)10-14(21)16(23)26-15-7-3-2-6-13(15)17(18,19)20/h2-3,6-7,10-11H,4-5,8-9H2,1H3. The van der Waals surface area contributed by atoms with Crippen LogP contribution in [0.15, 0.2) is 41.4 Å². The zero-order chi connectivity index (χ0) is 19.8. The summed E-state index contributed by atoms with van der Waals surface area (Å²) in [6, 6.07) is 5.45. The molecule has 3 rings (SSSR count). The second-order valence-electron chi connectivity index (χ2n) is 6.17. The molecule has 0 spiro atoms. The minimum absolute atomic E-state index is 0.0945. The fourth-order valence-corrected chi connectivity index (χ4v) is 4.49. The minimum atomic E-state index is -4.69. The second-order valence-corrected chi connectivity index (χ2v) is 8.10. The van der Waals surface area contributed by atoms with Crippen LogP contribution < -0.4 is 4.74 Å². The van der Waals surface area contributed by atoms with Crippen LogP contribution in [0.2, 0.25) is 0 Å². The first-order valence-electron chi connectivity index (χ1n) is 8.15. The van der Waals surface area contributed by atoms with E-state index < -0.39 is 33.5 Å². The molecule has 0 radical (unpaired) electrons. The van der Waals surface area contributed by atoms with Crippen molar-refractivity contribution in [1.29, 1.82) is 0 Å². The van der Waals surface area contributed by atoms with Gasteiger partial charge in [-0.15, -0.1) is 0 Å². The molecule has 1 aliphatic heterocycles. The molecule has 10 heteroatoms. The van der Waals surface area contributed by atoms with Gasteiger partial charge in [0.05, 0.1) is 5.56 Å². The van der Waals surface area contributed by atoms with Gasteiger partial charge in [0.2, 0.25) is 10.0 Å². The minimum Gasteiger partial charge on any atom is -0.421 e. The Morgan fingerprint density at radius 1 is 1.15 bits per heavy atom. The van der Waals surface area contributed by atoms with Crippen LogP contribution in [0.25, 0.3) is 0 Å². The van der Waals surface area contributed by atoms with E-state index in [-0.39, 0.29) is 10.6 Å². The van der Waals surface area contributed by atoms with Gasteiger partial charge in [-0.25, -0.2) is 13.2 Å². The number of halogens is 3. The third kappa shape index (κ3) is 3.86. The lowest BCUT2D eigenvalue weighted by Gasteiger charge is -2.13. The number of aryl methyl sites for hydroxylation is 1. The van der Waals surface area contributed by atoms with Crippen molar-refractivity contribution in [2.45, 2.75) is 23.9 Å². The summed E-state index contributed by atoms with van der Waals surface area (Å²) in [5.41, 5.74) is -1.25. The van der Waals surface area contributed by atoms with Gasteiger partial charge >= 0.3 is 12.1 Å². The van der Waals surface area contributed by atoms with Crippen LogP contribution in [-0.4, -0.2) is 36.3 Å². The summed E-state index contributed by atoms with van der Waals surface area (Å²) >= 11 is 0. The second kappa shape index (κ2) is 7.01. The lowest BCUT2D eigenvalue weighted by Crippen LogP contribution is -2.27. The van der Waals surface area contributed by atoms with Crippen molar-refractivity contribution in [3.8, 4) is 5.75 Å². The van der Waals surface area contributed by atoms with Gasteiger partial charge < -0.3 is 9.30 Å². The maximum atomic E-state index is 13.0. The van der Waals surface area contributed by atoms with Crippen LogP contribution in [0.1, 0.15) is 28.9 Å². The third-order valence-corrected chi connectivity index (χ3v) is 6.15. The Morgan fingerprint density at radius 3 is 2.41 bits per heavy atom. The summed E-state index contributed by atoms with van der Waals surface area (Å²) in [4.78, 5) is 12.3. The number of nitrogens with zero attached hydrogens (tertiary/aromatic N) is 2. The molecule has 2 aromatic rings. The number of alkyl halides is 3. The van der Waals surface area contributed by atoms with E-state index in [0.717, 1.165) is 31.0 Å². The van der Waals surface area contributed by atoms with E-state index in [2.05, 4.69) is 0 Å². The number of aromatic nitrogens is 1. The van der Waals surface area contributed by atoms with Gasteiger partial charge in [-0.2, -0.15) is 17.5 Å². The largest absolute Gasteiger partial charge is 0.421 e. The smallest absolute Gasteiger partial charge is 0.419 e. The molecule has 0 atom stereocenters. The molecule has 1 saturated heterocycles. The molecule has 0 unspecified atom stereocenters. The molecule has 146 valence electrons. The number of para-hydroxylation sites is 1. The van der Waals surface area contributed by atoms with Crippen LogP contribution in [0.3, 0.4) is 0 Å². The molecule has 1 aromatic heterocycles. The van der Waals surface area contributed by atoms with Crippen molar-refractivity contribution in [3.63, 3.8) is 0 Å². The normalized spacial score (nSPS) is 15.9. The van der Waals surface area contributed by atoms with E-state index in [1.54, 1.807) is 0 Å². The van der Waals surface area contributed by atoms with Crippen molar-refractivity contribution in [1.82, 2.24) is 8.87 Å². The Kier molecular flexibility index (Phi) is 5.04. The Morgan fingerprint density at radius 2 is 1.78 bits per heavy atom. The number of benzene rings is 1. The highest BCUT2D eigenvalue weighted by Crippen LogP contribution is 2.36.